The number of rotatable bonds is 3. The van der Waals surface area contributed by atoms with Crippen LogP contribution in [0.1, 0.15) is 5.56 Å². The number of halogens is 1. The van der Waals surface area contributed by atoms with E-state index in [0.717, 1.165) is 37.4 Å². The molecule has 2 N–H and O–H groups in total. The summed E-state index contributed by atoms with van der Waals surface area (Å²) < 4.78 is 0. The smallest absolute Gasteiger partial charge is 0.238 e. The van der Waals surface area contributed by atoms with Gasteiger partial charge in [-0.25, -0.2) is 0 Å². The van der Waals surface area contributed by atoms with Gasteiger partial charge in [0.25, 0.3) is 0 Å². The van der Waals surface area contributed by atoms with Crippen LogP contribution in [0.4, 0.5) is 5.69 Å². The van der Waals surface area contributed by atoms with E-state index in [-0.39, 0.29) is 5.91 Å². The minimum Gasteiger partial charge on any atom is -0.325 e. The lowest BCUT2D eigenvalue weighted by atomic mass is 10.2. The van der Waals surface area contributed by atoms with E-state index in [9.17, 15) is 4.79 Å². The normalized spacial score (nSPS) is 16.6. The number of carbonyl (C=O) groups is 1. The average Bonchev–Trinajstić information content (AvgIpc) is 2.35. The topological polar surface area (TPSA) is 44.4 Å². The summed E-state index contributed by atoms with van der Waals surface area (Å²) in [5.41, 5.74) is 1.77. The fourth-order valence-corrected chi connectivity index (χ4v) is 2.12. The predicted molar refractivity (Wildman–Crippen MR) is 74.1 cm³/mol. The summed E-state index contributed by atoms with van der Waals surface area (Å²) in [6.07, 6.45) is 0. The van der Waals surface area contributed by atoms with Gasteiger partial charge < -0.3 is 10.6 Å². The first-order valence-corrected chi connectivity index (χ1v) is 6.52. The Morgan fingerprint density at radius 1 is 1.44 bits per heavy atom. The van der Waals surface area contributed by atoms with Crippen molar-refractivity contribution in [3.05, 3.63) is 28.8 Å². The lowest BCUT2D eigenvalue weighted by Crippen LogP contribution is -2.46. The number of anilines is 1. The minimum atomic E-state index is 0.0109. The fraction of sp³-hybridized carbons (Fsp3) is 0.462. The number of hydrogen-bond acceptors (Lipinski definition) is 3. The predicted octanol–water partition coefficient (Wildman–Crippen LogP) is 1.49. The second-order valence-corrected chi connectivity index (χ2v) is 4.95. The van der Waals surface area contributed by atoms with E-state index >= 15 is 0 Å². The van der Waals surface area contributed by atoms with Crippen molar-refractivity contribution in [2.75, 3.05) is 38.0 Å². The van der Waals surface area contributed by atoms with Crippen molar-refractivity contribution in [3.63, 3.8) is 0 Å². The Kier molecular flexibility index (Phi) is 4.58. The molecule has 5 heteroatoms. The van der Waals surface area contributed by atoms with Gasteiger partial charge in [-0.05, 0) is 24.6 Å². The largest absolute Gasteiger partial charge is 0.325 e. The van der Waals surface area contributed by atoms with Gasteiger partial charge in [-0.3, -0.25) is 9.69 Å². The zero-order valence-corrected chi connectivity index (χ0v) is 11.3. The van der Waals surface area contributed by atoms with Crippen LogP contribution in [0.15, 0.2) is 18.2 Å². The summed E-state index contributed by atoms with van der Waals surface area (Å²) in [5.74, 6) is 0.0109. The molecule has 0 bridgehead atoms. The quantitative estimate of drug-likeness (QED) is 0.872. The number of nitrogens with zero attached hydrogens (tertiary/aromatic N) is 1. The molecule has 1 aromatic carbocycles. The van der Waals surface area contributed by atoms with Crippen molar-refractivity contribution in [2.24, 2.45) is 0 Å². The standard InChI is InChI=1S/C13H18ClN3O/c1-10-2-3-11(8-12(10)14)16-13(18)9-17-6-4-15-5-7-17/h2-3,8,15H,4-7,9H2,1H3,(H,16,18). The van der Waals surface area contributed by atoms with Crippen LogP contribution in [0.25, 0.3) is 0 Å². The van der Waals surface area contributed by atoms with E-state index in [4.69, 9.17) is 11.6 Å². The summed E-state index contributed by atoms with van der Waals surface area (Å²) in [5, 5.41) is 6.81. The highest BCUT2D eigenvalue weighted by Gasteiger charge is 2.13. The average molecular weight is 268 g/mol. The molecule has 1 aliphatic heterocycles. The third kappa shape index (κ3) is 3.70. The van der Waals surface area contributed by atoms with E-state index in [1.807, 2.05) is 19.1 Å². The summed E-state index contributed by atoms with van der Waals surface area (Å²) in [6, 6.07) is 5.56. The van der Waals surface area contributed by atoms with Gasteiger partial charge in [0.15, 0.2) is 0 Å². The van der Waals surface area contributed by atoms with Crippen LogP contribution in [-0.4, -0.2) is 43.5 Å². The monoisotopic (exact) mass is 267 g/mol. The second-order valence-electron chi connectivity index (χ2n) is 4.54. The maximum absolute atomic E-state index is 11.9. The van der Waals surface area contributed by atoms with Crippen molar-refractivity contribution in [1.29, 1.82) is 0 Å². The van der Waals surface area contributed by atoms with E-state index in [1.165, 1.54) is 0 Å². The molecule has 0 aromatic heterocycles. The zero-order chi connectivity index (χ0) is 13.0. The number of carbonyl (C=O) groups excluding carboxylic acids is 1. The van der Waals surface area contributed by atoms with Crippen LogP contribution in [0, 0.1) is 6.92 Å². The molecule has 0 saturated carbocycles. The summed E-state index contributed by atoms with van der Waals surface area (Å²) in [4.78, 5) is 14.0. The Labute approximate surface area is 112 Å². The number of piperazine rings is 1. The maximum atomic E-state index is 11.9. The first-order chi connectivity index (χ1) is 8.65. The van der Waals surface area contributed by atoms with Crippen molar-refractivity contribution in [1.82, 2.24) is 10.2 Å². The molecule has 2 rings (SSSR count). The Bertz CT molecular complexity index is 430. The molecule has 1 aliphatic rings. The molecule has 1 amide bonds. The fourth-order valence-electron chi connectivity index (χ4n) is 1.94. The van der Waals surface area contributed by atoms with Gasteiger partial charge in [0.2, 0.25) is 5.91 Å². The lowest BCUT2D eigenvalue weighted by molar-refractivity contribution is -0.117. The van der Waals surface area contributed by atoms with E-state index in [0.29, 0.717) is 11.6 Å². The van der Waals surface area contributed by atoms with Crippen molar-refractivity contribution >= 4 is 23.2 Å². The SMILES string of the molecule is Cc1ccc(NC(=O)CN2CCNCC2)cc1Cl. The van der Waals surface area contributed by atoms with Gasteiger partial charge in [-0.2, -0.15) is 0 Å². The molecule has 0 aliphatic carbocycles. The lowest BCUT2D eigenvalue weighted by Gasteiger charge is -2.26. The molecule has 0 atom stereocenters. The van der Waals surface area contributed by atoms with Gasteiger partial charge in [0.05, 0.1) is 6.54 Å². The Hall–Kier alpha value is -1.10. The number of nitrogens with one attached hydrogen (secondary N) is 2. The molecule has 1 aromatic rings. The van der Waals surface area contributed by atoms with Crippen LogP contribution < -0.4 is 10.6 Å². The van der Waals surface area contributed by atoms with Crippen LogP contribution in [0.3, 0.4) is 0 Å². The van der Waals surface area contributed by atoms with Gasteiger partial charge in [0.1, 0.15) is 0 Å². The maximum Gasteiger partial charge on any atom is 0.238 e. The number of benzene rings is 1. The van der Waals surface area contributed by atoms with Crippen LogP contribution >= 0.6 is 11.6 Å². The van der Waals surface area contributed by atoms with Gasteiger partial charge in [-0.1, -0.05) is 17.7 Å². The summed E-state index contributed by atoms with van der Waals surface area (Å²) in [6.45, 7) is 6.11. The van der Waals surface area contributed by atoms with Crippen LogP contribution in [0.5, 0.6) is 0 Å². The van der Waals surface area contributed by atoms with E-state index < -0.39 is 0 Å². The zero-order valence-electron chi connectivity index (χ0n) is 10.5. The highest BCUT2D eigenvalue weighted by molar-refractivity contribution is 6.31. The number of hydrogen-bond donors (Lipinski definition) is 2. The van der Waals surface area contributed by atoms with Crippen molar-refractivity contribution in [3.8, 4) is 0 Å². The van der Waals surface area contributed by atoms with Crippen LogP contribution in [-0.2, 0) is 4.79 Å². The third-order valence-corrected chi connectivity index (χ3v) is 3.44. The first-order valence-electron chi connectivity index (χ1n) is 6.14. The summed E-state index contributed by atoms with van der Waals surface area (Å²) >= 11 is 6.02. The van der Waals surface area contributed by atoms with Crippen molar-refractivity contribution in [2.45, 2.75) is 6.92 Å². The summed E-state index contributed by atoms with van der Waals surface area (Å²) in [7, 11) is 0. The van der Waals surface area contributed by atoms with Crippen LogP contribution in [0.2, 0.25) is 5.02 Å². The molecule has 18 heavy (non-hydrogen) atoms. The highest BCUT2D eigenvalue weighted by Crippen LogP contribution is 2.19. The highest BCUT2D eigenvalue weighted by atomic mass is 35.5. The number of aryl methyl sites for hydroxylation is 1. The minimum absolute atomic E-state index is 0.0109. The second kappa shape index (κ2) is 6.18. The Morgan fingerprint density at radius 3 is 2.83 bits per heavy atom. The Morgan fingerprint density at radius 2 is 2.17 bits per heavy atom. The van der Waals surface area contributed by atoms with Gasteiger partial charge >= 0.3 is 0 Å². The first kappa shape index (κ1) is 13.3. The van der Waals surface area contributed by atoms with Gasteiger partial charge in [0, 0.05) is 36.9 Å². The van der Waals surface area contributed by atoms with E-state index in [2.05, 4.69) is 15.5 Å². The molecular formula is C13H18ClN3O. The molecule has 0 spiro atoms. The molecule has 4 nitrogen and oxygen atoms in total. The molecular weight excluding hydrogens is 250 g/mol. The molecule has 1 saturated heterocycles. The number of amides is 1. The third-order valence-electron chi connectivity index (χ3n) is 3.03. The molecule has 0 unspecified atom stereocenters. The van der Waals surface area contributed by atoms with Crippen molar-refractivity contribution < 1.29 is 4.79 Å². The molecule has 1 heterocycles. The molecule has 1 fully saturated rings. The molecule has 98 valence electrons. The van der Waals surface area contributed by atoms with Gasteiger partial charge in [-0.15, -0.1) is 0 Å². The van der Waals surface area contributed by atoms with E-state index in [1.54, 1.807) is 6.07 Å². The Balaban J connectivity index is 1.88. The molecule has 0 radical (unpaired) electrons.